The molecule has 7 aromatic rings. The van der Waals surface area contributed by atoms with E-state index in [2.05, 4.69) is 150 Å². The van der Waals surface area contributed by atoms with Crippen LogP contribution in [0.5, 0.6) is 5.75 Å². The Morgan fingerprint density at radius 1 is 0.482 bits per heavy atom. The molecular formula is C49H44BF3N2O. The van der Waals surface area contributed by atoms with Crippen LogP contribution in [-0.4, -0.2) is 13.1 Å². The maximum absolute atomic E-state index is 14.4. The Balaban J connectivity index is 1.50. The van der Waals surface area contributed by atoms with Crippen molar-refractivity contribution in [1.29, 1.82) is 0 Å². The molecule has 0 N–H and O–H groups in total. The molecule has 0 amide bonds. The van der Waals surface area contributed by atoms with E-state index < -0.39 is 6.36 Å². The number of hydrogen-bond donors (Lipinski definition) is 0. The number of alkyl halides is 3. The normalized spacial score (nSPS) is 13.9. The summed E-state index contributed by atoms with van der Waals surface area (Å²) in [6.45, 7) is 17.1. The van der Waals surface area contributed by atoms with Crippen molar-refractivity contribution in [3.63, 3.8) is 0 Å². The lowest BCUT2D eigenvalue weighted by Gasteiger charge is -2.45. The van der Waals surface area contributed by atoms with E-state index in [0.717, 1.165) is 71.8 Å². The Hall–Kier alpha value is -5.69. The standard InChI is InChI=1S/C49H44BF3N2O/c1-29-15-9-11-21-40(29)54-42-27-31(56-49(51,52)53)28-43-44(42)50(38-25-23-32-34(45(38)54)17-13-19-36(32)47(3,4)5)39-26-24-33-35(18-14-20-37(33)48(6,7)8)46(39)55(43)41-22-12-10-16-30(41)2/h9-28H,1-8H3. The van der Waals surface area contributed by atoms with Crippen molar-refractivity contribution in [1.82, 2.24) is 0 Å². The van der Waals surface area contributed by atoms with E-state index >= 15 is 0 Å². The molecule has 280 valence electrons. The van der Waals surface area contributed by atoms with E-state index in [-0.39, 0.29) is 23.3 Å². The topological polar surface area (TPSA) is 15.7 Å². The third-order valence-electron chi connectivity index (χ3n) is 11.6. The maximum Gasteiger partial charge on any atom is 0.573 e. The highest BCUT2D eigenvalue weighted by Gasteiger charge is 2.46. The summed E-state index contributed by atoms with van der Waals surface area (Å²) in [6.07, 6.45) is -4.90. The van der Waals surface area contributed by atoms with Crippen molar-refractivity contribution < 1.29 is 17.9 Å². The quantitative estimate of drug-likeness (QED) is 0.168. The van der Waals surface area contributed by atoms with E-state index in [9.17, 15) is 13.2 Å². The monoisotopic (exact) mass is 744 g/mol. The van der Waals surface area contributed by atoms with Crippen LogP contribution in [0.2, 0.25) is 0 Å². The Bertz CT molecular complexity index is 2560. The number of halogens is 3. The number of benzene rings is 7. The van der Waals surface area contributed by atoms with Crippen LogP contribution in [-0.2, 0) is 10.8 Å². The molecule has 2 aliphatic rings. The number of rotatable bonds is 3. The van der Waals surface area contributed by atoms with Gasteiger partial charge in [0.25, 0.3) is 6.71 Å². The predicted molar refractivity (Wildman–Crippen MR) is 229 cm³/mol. The number of nitrogens with zero attached hydrogens (tertiary/aromatic N) is 2. The van der Waals surface area contributed by atoms with Crippen LogP contribution in [0.3, 0.4) is 0 Å². The minimum Gasteiger partial charge on any atom is -0.406 e. The van der Waals surface area contributed by atoms with Gasteiger partial charge in [0.1, 0.15) is 5.75 Å². The molecule has 0 fully saturated rings. The fourth-order valence-corrected chi connectivity index (χ4v) is 9.30. The van der Waals surface area contributed by atoms with E-state index in [1.807, 2.05) is 24.3 Å². The first-order chi connectivity index (χ1) is 26.5. The summed E-state index contributed by atoms with van der Waals surface area (Å²) in [5, 5.41) is 4.33. The van der Waals surface area contributed by atoms with Gasteiger partial charge in [-0.05, 0) is 86.2 Å². The molecule has 7 aromatic carbocycles. The largest absolute Gasteiger partial charge is 0.573 e. The van der Waals surface area contributed by atoms with Gasteiger partial charge in [-0.25, -0.2) is 0 Å². The molecule has 0 radical (unpaired) electrons. The van der Waals surface area contributed by atoms with Crippen LogP contribution in [0, 0.1) is 13.8 Å². The summed E-state index contributed by atoms with van der Waals surface area (Å²) in [6, 6.07) is 41.4. The van der Waals surface area contributed by atoms with E-state index in [1.165, 1.54) is 11.1 Å². The molecule has 0 spiro atoms. The third kappa shape index (κ3) is 5.57. The zero-order chi connectivity index (χ0) is 39.5. The zero-order valence-electron chi connectivity index (χ0n) is 33.1. The highest BCUT2D eigenvalue weighted by atomic mass is 19.4. The molecule has 0 saturated carbocycles. The first-order valence-electron chi connectivity index (χ1n) is 19.3. The maximum atomic E-state index is 14.4. The van der Waals surface area contributed by atoms with Gasteiger partial charge in [-0.2, -0.15) is 0 Å². The second-order valence-electron chi connectivity index (χ2n) is 17.4. The number of para-hydroxylation sites is 2. The van der Waals surface area contributed by atoms with E-state index in [1.54, 1.807) is 12.1 Å². The van der Waals surface area contributed by atoms with Crippen molar-refractivity contribution in [3.8, 4) is 5.75 Å². The molecule has 2 aliphatic heterocycles. The van der Waals surface area contributed by atoms with Gasteiger partial charge in [-0.1, -0.05) is 139 Å². The molecule has 9 rings (SSSR count). The molecular weight excluding hydrogens is 700 g/mol. The lowest BCUT2D eigenvalue weighted by molar-refractivity contribution is -0.274. The number of hydrogen-bond acceptors (Lipinski definition) is 3. The van der Waals surface area contributed by atoms with Crippen molar-refractivity contribution >= 4 is 78.8 Å². The van der Waals surface area contributed by atoms with Gasteiger partial charge in [-0.15, -0.1) is 13.2 Å². The Kier molecular flexibility index (Phi) is 7.97. The summed E-state index contributed by atoms with van der Waals surface area (Å²) >= 11 is 0. The fourth-order valence-electron chi connectivity index (χ4n) is 9.30. The molecule has 0 atom stereocenters. The summed E-state index contributed by atoms with van der Waals surface area (Å²) < 4.78 is 48.2. The minimum atomic E-state index is -4.90. The van der Waals surface area contributed by atoms with Gasteiger partial charge in [0.15, 0.2) is 0 Å². The van der Waals surface area contributed by atoms with Crippen molar-refractivity contribution in [2.75, 3.05) is 9.80 Å². The molecule has 56 heavy (non-hydrogen) atoms. The van der Waals surface area contributed by atoms with Gasteiger partial charge >= 0.3 is 6.36 Å². The molecule has 0 saturated heterocycles. The Morgan fingerprint density at radius 3 is 1.30 bits per heavy atom. The predicted octanol–water partition coefficient (Wildman–Crippen LogP) is 12.2. The molecule has 2 heterocycles. The number of aryl methyl sites for hydroxylation is 2. The van der Waals surface area contributed by atoms with E-state index in [0.29, 0.717) is 11.4 Å². The van der Waals surface area contributed by atoms with Crippen molar-refractivity contribution in [3.05, 3.63) is 144 Å². The molecule has 0 aliphatic carbocycles. The van der Waals surface area contributed by atoms with E-state index in [4.69, 9.17) is 4.74 Å². The van der Waals surface area contributed by atoms with Crippen molar-refractivity contribution in [2.24, 2.45) is 0 Å². The zero-order valence-corrected chi connectivity index (χ0v) is 33.1. The van der Waals surface area contributed by atoms with Crippen LogP contribution < -0.4 is 30.9 Å². The minimum absolute atomic E-state index is 0.149. The van der Waals surface area contributed by atoms with Crippen LogP contribution in [0.15, 0.2) is 121 Å². The molecule has 3 nitrogen and oxygen atoms in total. The first-order valence-corrected chi connectivity index (χ1v) is 19.3. The Morgan fingerprint density at radius 2 is 0.911 bits per heavy atom. The Labute approximate surface area is 327 Å². The molecule has 0 bridgehead atoms. The number of fused-ring (bicyclic) bond motifs is 8. The molecule has 0 unspecified atom stereocenters. The second-order valence-corrected chi connectivity index (χ2v) is 17.4. The van der Waals surface area contributed by atoms with Gasteiger partial charge < -0.3 is 14.5 Å². The lowest BCUT2D eigenvalue weighted by atomic mass is 9.33. The second kappa shape index (κ2) is 12.4. The highest BCUT2D eigenvalue weighted by Crippen LogP contribution is 2.51. The molecule has 7 heteroatoms. The van der Waals surface area contributed by atoms with Gasteiger partial charge in [0.2, 0.25) is 0 Å². The summed E-state index contributed by atoms with van der Waals surface area (Å²) in [4.78, 5) is 4.38. The third-order valence-corrected chi connectivity index (χ3v) is 11.6. The smallest absolute Gasteiger partial charge is 0.406 e. The lowest BCUT2D eigenvalue weighted by Crippen LogP contribution is -2.61. The van der Waals surface area contributed by atoms with Crippen LogP contribution in [0.4, 0.5) is 47.3 Å². The molecule has 0 aromatic heterocycles. The average Bonchev–Trinajstić information content (AvgIpc) is 3.13. The SMILES string of the molecule is Cc1ccccc1N1c2cc(OC(F)(F)F)cc3c2B(c2ccc4c(C(C)(C)C)cccc4c21)c1ccc2c(C(C)(C)C)cccc2c1N3c1ccccc1C. The van der Waals surface area contributed by atoms with Crippen molar-refractivity contribution in [2.45, 2.75) is 72.6 Å². The van der Waals surface area contributed by atoms with Gasteiger partial charge in [0.05, 0.1) is 0 Å². The summed E-state index contributed by atoms with van der Waals surface area (Å²) in [7, 11) is 0. The summed E-state index contributed by atoms with van der Waals surface area (Å²) in [5.41, 5.74) is 12.3. The van der Waals surface area contributed by atoms with Gasteiger partial charge in [0, 0.05) is 57.0 Å². The highest BCUT2D eigenvalue weighted by molar-refractivity contribution is 7.00. The summed E-state index contributed by atoms with van der Waals surface area (Å²) in [5.74, 6) is -0.264. The average molecular weight is 745 g/mol. The van der Waals surface area contributed by atoms with Crippen LogP contribution in [0.1, 0.15) is 63.8 Å². The number of anilines is 6. The van der Waals surface area contributed by atoms with Gasteiger partial charge in [-0.3, -0.25) is 0 Å². The number of ether oxygens (including phenoxy) is 1. The van der Waals surface area contributed by atoms with Crippen LogP contribution >= 0.6 is 0 Å². The van der Waals surface area contributed by atoms with Crippen LogP contribution in [0.25, 0.3) is 21.5 Å². The first kappa shape index (κ1) is 36.0. The fraction of sp³-hybridized carbons (Fsp3) is 0.224.